The third-order valence-corrected chi connectivity index (χ3v) is 3.60. The summed E-state index contributed by atoms with van der Waals surface area (Å²) < 4.78 is 0. The van der Waals surface area contributed by atoms with Gasteiger partial charge < -0.3 is 11.5 Å². The van der Waals surface area contributed by atoms with E-state index in [4.69, 9.17) is 11.5 Å². The summed E-state index contributed by atoms with van der Waals surface area (Å²) in [6.07, 6.45) is 1.75. The molecule has 0 radical (unpaired) electrons. The molecule has 0 aliphatic carbocycles. The van der Waals surface area contributed by atoms with Crippen molar-refractivity contribution < 1.29 is 4.79 Å². The van der Waals surface area contributed by atoms with Gasteiger partial charge in [0.05, 0.1) is 0 Å². The minimum Gasteiger partial charge on any atom is -0.369 e. The summed E-state index contributed by atoms with van der Waals surface area (Å²) in [6.45, 7) is 9.18. The molecule has 0 bridgehead atoms. The van der Waals surface area contributed by atoms with Crippen LogP contribution in [0.3, 0.4) is 0 Å². The number of likely N-dealkylation sites (tertiary alicyclic amines) is 1. The van der Waals surface area contributed by atoms with Crippen LogP contribution in [0.1, 0.15) is 33.6 Å². The van der Waals surface area contributed by atoms with E-state index in [0.29, 0.717) is 12.6 Å². The number of primary amides is 1. The molecule has 0 saturated carbocycles. The highest BCUT2D eigenvalue weighted by Crippen LogP contribution is 2.27. The number of hydrogen-bond acceptors (Lipinski definition) is 3. The van der Waals surface area contributed by atoms with E-state index in [9.17, 15) is 4.79 Å². The fourth-order valence-corrected chi connectivity index (χ4v) is 2.55. The van der Waals surface area contributed by atoms with Crippen molar-refractivity contribution in [3.05, 3.63) is 0 Å². The third kappa shape index (κ3) is 3.19. The first-order chi connectivity index (χ1) is 7.36. The first kappa shape index (κ1) is 13.5. The van der Waals surface area contributed by atoms with Gasteiger partial charge in [-0.1, -0.05) is 20.8 Å². The summed E-state index contributed by atoms with van der Waals surface area (Å²) in [5, 5.41) is 0. The topological polar surface area (TPSA) is 72.3 Å². The molecule has 1 heterocycles. The molecule has 4 heteroatoms. The predicted octanol–water partition coefficient (Wildman–Crippen LogP) is 0.557. The molecule has 1 aliphatic heterocycles. The Morgan fingerprint density at radius 3 is 2.19 bits per heavy atom. The molecule has 0 aromatic heterocycles. The van der Waals surface area contributed by atoms with Crippen LogP contribution in [0.4, 0.5) is 0 Å². The Kier molecular flexibility index (Phi) is 4.33. The van der Waals surface area contributed by atoms with Gasteiger partial charge in [0.15, 0.2) is 0 Å². The molecule has 94 valence electrons. The molecule has 4 N–H and O–H groups in total. The number of nitrogens with zero attached hydrogens (tertiary/aromatic N) is 1. The predicted molar refractivity (Wildman–Crippen MR) is 65.8 cm³/mol. The van der Waals surface area contributed by atoms with Crippen LogP contribution in [0.5, 0.6) is 0 Å². The van der Waals surface area contributed by atoms with Gasteiger partial charge in [0, 0.05) is 18.5 Å². The highest BCUT2D eigenvalue weighted by atomic mass is 16.1. The van der Waals surface area contributed by atoms with E-state index in [1.54, 1.807) is 0 Å². The van der Waals surface area contributed by atoms with Crippen molar-refractivity contribution in [3.8, 4) is 0 Å². The molecule has 1 rings (SSSR count). The van der Waals surface area contributed by atoms with Crippen LogP contribution in [0.2, 0.25) is 0 Å². The maximum atomic E-state index is 11.1. The lowest BCUT2D eigenvalue weighted by atomic mass is 9.83. The number of hydrogen-bond donors (Lipinski definition) is 2. The van der Waals surface area contributed by atoms with Crippen LogP contribution in [0, 0.1) is 11.3 Å². The van der Waals surface area contributed by atoms with Gasteiger partial charge in [0.25, 0.3) is 0 Å². The second-order valence-electron chi connectivity index (χ2n) is 5.83. The minimum atomic E-state index is -0.153. The Bertz CT molecular complexity index is 239. The second kappa shape index (κ2) is 5.15. The number of piperidine rings is 1. The molecule has 1 aliphatic rings. The zero-order valence-corrected chi connectivity index (χ0v) is 10.7. The highest BCUT2D eigenvalue weighted by Gasteiger charge is 2.32. The van der Waals surface area contributed by atoms with Crippen LogP contribution in [0.15, 0.2) is 0 Å². The molecule has 4 nitrogen and oxygen atoms in total. The largest absolute Gasteiger partial charge is 0.369 e. The summed E-state index contributed by atoms with van der Waals surface area (Å²) >= 11 is 0. The fourth-order valence-electron chi connectivity index (χ4n) is 2.55. The van der Waals surface area contributed by atoms with Gasteiger partial charge in [-0.2, -0.15) is 0 Å². The lowest BCUT2D eigenvalue weighted by molar-refractivity contribution is -0.123. The standard InChI is InChI=1S/C12H25N3O/c1-12(2,3)10(8-13)15-6-4-9(5-7-15)11(14)16/h9-10H,4-8,13H2,1-3H3,(H2,14,16). The van der Waals surface area contributed by atoms with E-state index in [0.717, 1.165) is 25.9 Å². The molecule has 1 fully saturated rings. The SMILES string of the molecule is CC(C)(C)C(CN)N1CCC(C(N)=O)CC1. The minimum absolute atomic E-state index is 0.0645. The number of amides is 1. The average Bonchev–Trinajstić information content (AvgIpc) is 2.17. The van der Waals surface area contributed by atoms with Crippen LogP contribution in [-0.2, 0) is 4.79 Å². The number of carbonyl (C=O) groups excluding carboxylic acids is 1. The van der Waals surface area contributed by atoms with E-state index in [2.05, 4.69) is 25.7 Å². The number of nitrogens with two attached hydrogens (primary N) is 2. The molecule has 1 atom stereocenters. The molecule has 0 aromatic rings. The van der Waals surface area contributed by atoms with Crippen molar-refractivity contribution in [3.63, 3.8) is 0 Å². The molecule has 1 unspecified atom stereocenters. The van der Waals surface area contributed by atoms with Crippen LogP contribution >= 0.6 is 0 Å². The van der Waals surface area contributed by atoms with Crippen LogP contribution < -0.4 is 11.5 Å². The van der Waals surface area contributed by atoms with Crippen LogP contribution in [-0.4, -0.2) is 36.5 Å². The summed E-state index contributed by atoms with van der Waals surface area (Å²) in [6, 6.07) is 0.390. The van der Waals surface area contributed by atoms with Crippen molar-refractivity contribution in [1.82, 2.24) is 4.90 Å². The normalized spacial score (nSPS) is 22.0. The maximum absolute atomic E-state index is 11.1. The van der Waals surface area contributed by atoms with Crippen molar-refractivity contribution >= 4 is 5.91 Å². The van der Waals surface area contributed by atoms with Gasteiger partial charge in [0.1, 0.15) is 0 Å². The van der Waals surface area contributed by atoms with E-state index in [1.807, 2.05) is 0 Å². The lowest BCUT2D eigenvalue weighted by Crippen LogP contribution is -2.52. The van der Waals surface area contributed by atoms with Crippen molar-refractivity contribution in [2.24, 2.45) is 22.8 Å². The molecule has 1 amide bonds. The van der Waals surface area contributed by atoms with Crippen molar-refractivity contribution in [1.29, 1.82) is 0 Å². The summed E-state index contributed by atoms with van der Waals surface area (Å²) in [5.41, 5.74) is 11.4. The molecule has 16 heavy (non-hydrogen) atoms. The molecule has 0 spiro atoms. The van der Waals surface area contributed by atoms with Gasteiger partial charge in [-0.15, -0.1) is 0 Å². The Labute approximate surface area is 98.3 Å². The van der Waals surface area contributed by atoms with Gasteiger partial charge in [0.2, 0.25) is 5.91 Å². The Morgan fingerprint density at radius 2 is 1.88 bits per heavy atom. The fraction of sp³-hybridized carbons (Fsp3) is 0.917. The molecule has 0 aromatic carbocycles. The highest BCUT2D eigenvalue weighted by molar-refractivity contribution is 5.76. The quantitative estimate of drug-likeness (QED) is 0.740. The number of rotatable bonds is 3. The molecular weight excluding hydrogens is 202 g/mol. The van der Waals surface area contributed by atoms with E-state index < -0.39 is 0 Å². The zero-order valence-electron chi connectivity index (χ0n) is 10.7. The summed E-state index contributed by atoms with van der Waals surface area (Å²) in [4.78, 5) is 13.5. The smallest absolute Gasteiger partial charge is 0.220 e. The van der Waals surface area contributed by atoms with Gasteiger partial charge in [-0.05, 0) is 31.3 Å². The second-order valence-corrected chi connectivity index (χ2v) is 5.83. The first-order valence-corrected chi connectivity index (χ1v) is 6.09. The average molecular weight is 227 g/mol. The molecule has 1 saturated heterocycles. The van der Waals surface area contributed by atoms with Crippen molar-refractivity contribution in [2.45, 2.75) is 39.7 Å². The molecular formula is C12H25N3O. The van der Waals surface area contributed by atoms with E-state index in [1.165, 1.54) is 0 Å². The monoisotopic (exact) mass is 227 g/mol. The Balaban J connectivity index is 2.55. The van der Waals surface area contributed by atoms with Crippen molar-refractivity contribution in [2.75, 3.05) is 19.6 Å². The lowest BCUT2D eigenvalue weighted by Gasteiger charge is -2.42. The zero-order chi connectivity index (χ0) is 12.3. The van der Waals surface area contributed by atoms with Crippen LogP contribution in [0.25, 0.3) is 0 Å². The Morgan fingerprint density at radius 1 is 1.38 bits per heavy atom. The van der Waals surface area contributed by atoms with Gasteiger partial charge in [-0.3, -0.25) is 9.69 Å². The van der Waals surface area contributed by atoms with Gasteiger partial charge in [-0.25, -0.2) is 0 Å². The first-order valence-electron chi connectivity index (χ1n) is 6.09. The van der Waals surface area contributed by atoms with E-state index in [-0.39, 0.29) is 17.2 Å². The van der Waals surface area contributed by atoms with Gasteiger partial charge >= 0.3 is 0 Å². The number of carbonyl (C=O) groups is 1. The summed E-state index contributed by atoms with van der Waals surface area (Å²) in [5.74, 6) is -0.0886. The Hall–Kier alpha value is -0.610. The van der Waals surface area contributed by atoms with E-state index >= 15 is 0 Å². The maximum Gasteiger partial charge on any atom is 0.220 e. The summed E-state index contributed by atoms with van der Waals surface area (Å²) in [7, 11) is 0. The third-order valence-electron chi connectivity index (χ3n) is 3.60.